The molecule has 2 aromatic rings. The van der Waals surface area contributed by atoms with Gasteiger partial charge in [0.2, 0.25) is 11.8 Å². The fraction of sp³-hybridized carbons (Fsp3) is 0.364. The van der Waals surface area contributed by atoms with Crippen molar-refractivity contribution in [1.82, 2.24) is 5.32 Å². The molecule has 0 radical (unpaired) electrons. The van der Waals surface area contributed by atoms with Crippen LogP contribution in [-0.2, 0) is 22.6 Å². The number of fused-ring (bicyclic) bond motifs is 1. The minimum atomic E-state index is -0.237. The van der Waals surface area contributed by atoms with Gasteiger partial charge in [0.25, 0.3) is 0 Å². The lowest BCUT2D eigenvalue weighted by molar-refractivity contribution is -0.126. The van der Waals surface area contributed by atoms with E-state index in [-0.39, 0.29) is 23.7 Å². The van der Waals surface area contributed by atoms with E-state index in [2.05, 4.69) is 10.6 Å². The number of hydrogen-bond acceptors (Lipinski definition) is 3. The standard InChI is InChI=1S/C22H26N2O3/c1-14(2)21(25)24-19-8-9-20-17(11-19)10-18(13-27-20)22(26)23-12-16-6-4-15(3)5-7-16/h4-9,11,14,18H,10,12-13H2,1-3H3,(H,23,26)(H,24,25)/t18-/m1/s1. The van der Waals surface area contributed by atoms with Crippen molar-refractivity contribution >= 4 is 17.5 Å². The summed E-state index contributed by atoms with van der Waals surface area (Å²) >= 11 is 0. The van der Waals surface area contributed by atoms with E-state index in [9.17, 15) is 9.59 Å². The van der Waals surface area contributed by atoms with Crippen molar-refractivity contribution in [2.24, 2.45) is 11.8 Å². The first kappa shape index (κ1) is 19.0. The van der Waals surface area contributed by atoms with Crippen LogP contribution in [0.15, 0.2) is 42.5 Å². The number of nitrogens with one attached hydrogen (secondary N) is 2. The van der Waals surface area contributed by atoms with E-state index in [0.29, 0.717) is 19.6 Å². The maximum Gasteiger partial charge on any atom is 0.227 e. The molecule has 1 atom stereocenters. The Balaban J connectivity index is 1.61. The lowest BCUT2D eigenvalue weighted by Gasteiger charge is -2.25. The zero-order valence-electron chi connectivity index (χ0n) is 16.0. The number of benzene rings is 2. The predicted octanol–water partition coefficient (Wildman–Crippen LogP) is 3.46. The molecule has 5 nitrogen and oxygen atoms in total. The van der Waals surface area contributed by atoms with Crippen molar-refractivity contribution in [3.05, 3.63) is 59.2 Å². The van der Waals surface area contributed by atoms with Crippen LogP contribution in [0.3, 0.4) is 0 Å². The molecule has 2 aromatic carbocycles. The van der Waals surface area contributed by atoms with Crippen LogP contribution in [0.1, 0.15) is 30.5 Å². The molecular formula is C22H26N2O3. The van der Waals surface area contributed by atoms with E-state index < -0.39 is 0 Å². The van der Waals surface area contributed by atoms with Gasteiger partial charge in [0.05, 0.1) is 5.92 Å². The first-order chi connectivity index (χ1) is 12.9. The summed E-state index contributed by atoms with van der Waals surface area (Å²) in [4.78, 5) is 24.4. The molecule has 1 aliphatic heterocycles. The summed E-state index contributed by atoms with van der Waals surface area (Å²) in [5.74, 6) is 0.411. The lowest BCUT2D eigenvalue weighted by Crippen LogP contribution is -2.37. The second-order valence-electron chi connectivity index (χ2n) is 7.38. The van der Waals surface area contributed by atoms with Crippen molar-refractivity contribution < 1.29 is 14.3 Å². The Hall–Kier alpha value is -2.82. The third-order valence-electron chi connectivity index (χ3n) is 4.72. The van der Waals surface area contributed by atoms with Crippen LogP contribution in [0.4, 0.5) is 5.69 Å². The molecule has 0 aromatic heterocycles. The van der Waals surface area contributed by atoms with E-state index in [1.165, 1.54) is 5.56 Å². The Morgan fingerprint density at radius 2 is 1.89 bits per heavy atom. The quantitative estimate of drug-likeness (QED) is 0.852. The van der Waals surface area contributed by atoms with Crippen molar-refractivity contribution in [3.8, 4) is 5.75 Å². The summed E-state index contributed by atoms with van der Waals surface area (Å²) in [6, 6.07) is 13.7. The molecule has 0 aliphatic carbocycles. The van der Waals surface area contributed by atoms with Gasteiger partial charge in [-0.15, -0.1) is 0 Å². The topological polar surface area (TPSA) is 67.4 Å². The molecule has 5 heteroatoms. The van der Waals surface area contributed by atoms with E-state index in [1.807, 2.05) is 63.2 Å². The van der Waals surface area contributed by atoms with Crippen molar-refractivity contribution in [2.45, 2.75) is 33.7 Å². The first-order valence-electron chi connectivity index (χ1n) is 9.32. The number of carbonyl (C=O) groups is 2. The summed E-state index contributed by atoms with van der Waals surface area (Å²) < 4.78 is 5.76. The van der Waals surface area contributed by atoms with Crippen LogP contribution in [0.25, 0.3) is 0 Å². The third-order valence-corrected chi connectivity index (χ3v) is 4.72. The predicted molar refractivity (Wildman–Crippen MR) is 106 cm³/mol. The van der Waals surface area contributed by atoms with Crippen LogP contribution < -0.4 is 15.4 Å². The van der Waals surface area contributed by atoms with E-state index in [1.54, 1.807) is 0 Å². The molecule has 27 heavy (non-hydrogen) atoms. The van der Waals surface area contributed by atoms with Gasteiger partial charge < -0.3 is 15.4 Å². The Labute approximate surface area is 160 Å². The monoisotopic (exact) mass is 366 g/mol. The summed E-state index contributed by atoms with van der Waals surface area (Å²) in [6.07, 6.45) is 0.598. The Kier molecular flexibility index (Phi) is 5.79. The maximum atomic E-state index is 12.5. The van der Waals surface area contributed by atoms with Crippen LogP contribution in [0, 0.1) is 18.8 Å². The summed E-state index contributed by atoms with van der Waals surface area (Å²) in [5, 5.41) is 5.88. The summed E-state index contributed by atoms with van der Waals surface area (Å²) in [6.45, 7) is 6.62. The second-order valence-corrected chi connectivity index (χ2v) is 7.38. The van der Waals surface area contributed by atoms with Gasteiger partial charge in [-0.2, -0.15) is 0 Å². The largest absolute Gasteiger partial charge is 0.492 e. The summed E-state index contributed by atoms with van der Waals surface area (Å²) in [7, 11) is 0. The molecular weight excluding hydrogens is 340 g/mol. The molecule has 142 valence electrons. The first-order valence-corrected chi connectivity index (χ1v) is 9.32. The number of amides is 2. The van der Waals surface area contributed by atoms with E-state index in [0.717, 1.165) is 22.6 Å². The van der Waals surface area contributed by atoms with Gasteiger partial charge in [0.15, 0.2) is 0 Å². The third kappa shape index (κ3) is 4.88. The number of hydrogen-bond donors (Lipinski definition) is 2. The normalized spacial score (nSPS) is 15.6. The highest BCUT2D eigenvalue weighted by molar-refractivity contribution is 5.92. The minimum Gasteiger partial charge on any atom is -0.492 e. The number of rotatable bonds is 5. The van der Waals surface area contributed by atoms with Gasteiger partial charge in [0, 0.05) is 18.2 Å². The highest BCUT2D eigenvalue weighted by atomic mass is 16.5. The average Bonchev–Trinajstić information content (AvgIpc) is 2.66. The second kappa shape index (κ2) is 8.25. The number of ether oxygens (including phenoxy) is 1. The van der Waals surface area contributed by atoms with Crippen LogP contribution in [0.5, 0.6) is 5.75 Å². The van der Waals surface area contributed by atoms with Gasteiger partial charge in [-0.3, -0.25) is 9.59 Å². The minimum absolute atomic E-state index is 0.0159. The molecule has 1 aliphatic rings. The Morgan fingerprint density at radius 3 is 2.59 bits per heavy atom. The SMILES string of the molecule is Cc1ccc(CNC(=O)[C@H]2COc3ccc(NC(=O)C(C)C)cc3C2)cc1. The molecule has 3 rings (SSSR count). The van der Waals surface area contributed by atoms with Gasteiger partial charge in [-0.1, -0.05) is 43.7 Å². The molecule has 1 heterocycles. The number of carbonyl (C=O) groups excluding carboxylic acids is 2. The van der Waals surface area contributed by atoms with Crippen molar-refractivity contribution in [1.29, 1.82) is 0 Å². The van der Waals surface area contributed by atoms with E-state index >= 15 is 0 Å². The molecule has 0 saturated carbocycles. The van der Waals surface area contributed by atoms with Crippen LogP contribution in [-0.4, -0.2) is 18.4 Å². The Morgan fingerprint density at radius 1 is 1.15 bits per heavy atom. The van der Waals surface area contributed by atoms with Gasteiger partial charge in [-0.05, 0) is 42.7 Å². The van der Waals surface area contributed by atoms with E-state index in [4.69, 9.17) is 4.74 Å². The molecule has 0 saturated heterocycles. The molecule has 0 unspecified atom stereocenters. The smallest absolute Gasteiger partial charge is 0.227 e. The van der Waals surface area contributed by atoms with Gasteiger partial charge in [0.1, 0.15) is 12.4 Å². The fourth-order valence-corrected chi connectivity index (χ4v) is 2.97. The Bertz CT molecular complexity index is 828. The highest BCUT2D eigenvalue weighted by Crippen LogP contribution is 2.30. The molecule has 2 N–H and O–H groups in total. The number of aryl methyl sites for hydroxylation is 1. The zero-order chi connectivity index (χ0) is 19.4. The average molecular weight is 366 g/mol. The van der Waals surface area contributed by atoms with Crippen molar-refractivity contribution in [2.75, 3.05) is 11.9 Å². The number of anilines is 1. The van der Waals surface area contributed by atoms with Crippen molar-refractivity contribution in [3.63, 3.8) is 0 Å². The van der Waals surface area contributed by atoms with Gasteiger partial charge >= 0.3 is 0 Å². The molecule has 2 amide bonds. The lowest BCUT2D eigenvalue weighted by atomic mass is 9.95. The van der Waals surface area contributed by atoms with Crippen LogP contribution >= 0.6 is 0 Å². The summed E-state index contributed by atoms with van der Waals surface area (Å²) in [5.41, 5.74) is 3.95. The molecule has 0 bridgehead atoms. The highest BCUT2D eigenvalue weighted by Gasteiger charge is 2.26. The van der Waals surface area contributed by atoms with Crippen LogP contribution in [0.2, 0.25) is 0 Å². The fourth-order valence-electron chi connectivity index (χ4n) is 2.97. The molecule has 0 fully saturated rings. The molecule has 0 spiro atoms. The maximum absolute atomic E-state index is 12.5. The van der Waals surface area contributed by atoms with Gasteiger partial charge in [-0.25, -0.2) is 0 Å². The zero-order valence-corrected chi connectivity index (χ0v) is 16.0.